The molecule has 8 nitrogen and oxygen atoms in total. The number of ether oxygens (including phenoxy) is 2. The molecule has 0 saturated carbocycles. The van der Waals surface area contributed by atoms with Gasteiger partial charge in [-0.2, -0.15) is 0 Å². The van der Waals surface area contributed by atoms with E-state index in [1.165, 1.54) is 7.11 Å². The molecule has 2 N–H and O–H groups in total. The van der Waals surface area contributed by atoms with Gasteiger partial charge in [0.05, 0.1) is 19.9 Å². The van der Waals surface area contributed by atoms with Crippen LogP contribution in [0.2, 0.25) is 0 Å². The summed E-state index contributed by atoms with van der Waals surface area (Å²) in [5.41, 5.74) is 1.47. The summed E-state index contributed by atoms with van der Waals surface area (Å²) >= 11 is 0. The highest BCUT2D eigenvalue weighted by Crippen LogP contribution is 2.29. The van der Waals surface area contributed by atoms with Gasteiger partial charge in [-0.15, -0.1) is 0 Å². The Labute approximate surface area is 183 Å². The predicted octanol–water partition coefficient (Wildman–Crippen LogP) is 3.48. The molecule has 0 spiro atoms. The van der Waals surface area contributed by atoms with Gasteiger partial charge in [-0.3, -0.25) is 9.78 Å². The maximum atomic E-state index is 12.9. The summed E-state index contributed by atoms with van der Waals surface area (Å²) in [6, 6.07) is 10.6. The molecular formula is C23H32N4O4. The molecule has 1 aromatic carbocycles. The number of aromatic nitrogens is 1. The number of benzene rings is 1. The minimum atomic E-state index is -0.279. The highest BCUT2D eigenvalue weighted by Gasteiger charge is 2.21. The third-order valence-electron chi connectivity index (χ3n) is 5.04. The van der Waals surface area contributed by atoms with E-state index in [2.05, 4.69) is 15.6 Å². The predicted molar refractivity (Wildman–Crippen MR) is 121 cm³/mol. The molecule has 1 heterocycles. The SMILES string of the molecule is CCC(C)N(CCC(=O)NCCc1ccccn1)C(=O)Nc1ccc(OC)cc1OC. The van der Waals surface area contributed by atoms with Crippen molar-refractivity contribution in [3.8, 4) is 11.5 Å². The molecule has 0 aliphatic rings. The van der Waals surface area contributed by atoms with E-state index in [9.17, 15) is 9.59 Å². The fourth-order valence-electron chi connectivity index (χ4n) is 3.02. The number of urea groups is 1. The fraction of sp³-hybridized carbons (Fsp3) is 0.435. The standard InChI is InChI=1S/C23H32N4O4/c1-5-17(2)27(15-12-22(28)25-14-11-18-8-6-7-13-24-18)23(29)26-20-10-9-19(30-3)16-21(20)31-4/h6-10,13,16-17H,5,11-12,14-15H2,1-4H3,(H,25,28)(H,26,29). The number of pyridine rings is 1. The second-order valence-corrected chi connectivity index (χ2v) is 7.12. The summed E-state index contributed by atoms with van der Waals surface area (Å²) in [6.07, 6.45) is 3.39. The number of anilines is 1. The van der Waals surface area contributed by atoms with Crippen LogP contribution in [0.25, 0.3) is 0 Å². The Morgan fingerprint density at radius 1 is 1.16 bits per heavy atom. The van der Waals surface area contributed by atoms with Crippen molar-refractivity contribution in [2.75, 3.05) is 32.6 Å². The minimum Gasteiger partial charge on any atom is -0.497 e. The molecule has 2 rings (SSSR count). The number of nitrogens with one attached hydrogen (secondary N) is 2. The zero-order chi connectivity index (χ0) is 22.6. The van der Waals surface area contributed by atoms with Gasteiger partial charge in [0, 0.05) is 49.9 Å². The van der Waals surface area contributed by atoms with Gasteiger partial charge in [-0.1, -0.05) is 13.0 Å². The van der Waals surface area contributed by atoms with Crippen LogP contribution in [0.1, 0.15) is 32.4 Å². The van der Waals surface area contributed by atoms with E-state index in [1.54, 1.807) is 36.4 Å². The van der Waals surface area contributed by atoms with Gasteiger partial charge in [-0.05, 0) is 37.6 Å². The molecule has 31 heavy (non-hydrogen) atoms. The monoisotopic (exact) mass is 428 g/mol. The van der Waals surface area contributed by atoms with Gasteiger partial charge in [0.25, 0.3) is 0 Å². The second kappa shape index (κ2) is 12.4. The molecule has 2 aromatic rings. The molecule has 0 fully saturated rings. The Morgan fingerprint density at radius 2 is 1.97 bits per heavy atom. The number of amides is 3. The van der Waals surface area contributed by atoms with E-state index >= 15 is 0 Å². The maximum Gasteiger partial charge on any atom is 0.322 e. The van der Waals surface area contributed by atoms with E-state index in [1.807, 2.05) is 32.0 Å². The van der Waals surface area contributed by atoms with Crippen molar-refractivity contribution in [1.29, 1.82) is 0 Å². The molecule has 1 atom stereocenters. The number of carbonyl (C=O) groups excluding carboxylic acids is 2. The largest absolute Gasteiger partial charge is 0.497 e. The molecule has 0 bridgehead atoms. The lowest BCUT2D eigenvalue weighted by atomic mass is 10.2. The van der Waals surface area contributed by atoms with Crippen LogP contribution in [0.15, 0.2) is 42.6 Å². The smallest absolute Gasteiger partial charge is 0.322 e. The summed E-state index contributed by atoms with van der Waals surface area (Å²) in [5.74, 6) is 1.04. The molecule has 168 valence electrons. The van der Waals surface area contributed by atoms with Gasteiger partial charge in [-0.25, -0.2) is 4.79 Å². The maximum absolute atomic E-state index is 12.9. The van der Waals surface area contributed by atoms with Crippen molar-refractivity contribution >= 4 is 17.6 Å². The molecule has 1 aromatic heterocycles. The Morgan fingerprint density at radius 3 is 2.61 bits per heavy atom. The van der Waals surface area contributed by atoms with Crippen molar-refractivity contribution in [3.05, 3.63) is 48.3 Å². The van der Waals surface area contributed by atoms with Crippen LogP contribution in [0, 0.1) is 0 Å². The van der Waals surface area contributed by atoms with E-state index in [4.69, 9.17) is 9.47 Å². The molecule has 0 aliphatic heterocycles. The first-order chi connectivity index (χ1) is 15.0. The van der Waals surface area contributed by atoms with Gasteiger partial charge in [0.2, 0.25) is 5.91 Å². The van der Waals surface area contributed by atoms with Crippen LogP contribution in [0.4, 0.5) is 10.5 Å². The summed E-state index contributed by atoms with van der Waals surface area (Å²) in [4.78, 5) is 31.1. The third-order valence-corrected chi connectivity index (χ3v) is 5.04. The fourth-order valence-corrected chi connectivity index (χ4v) is 3.02. The number of rotatable bonds is 11. The van der Waals surface area contributed by atoms with Crippen LogP contribution >= 0.6 is 0 Å². The van der Waals surface area contributed by atoms with E-state index in [-0.39, 0.29) is 24.4 Å². The molecule has 0 saturated heterocycles. The number of carbonyl (C=O) groups is 2. The van der Waals surface area contributed by atoms with Crippen LogP contribution in [-0.2, 0) is 11.2 Å². The van der Waals surface area contributed by atoms with E-state index < -0.39 is 0 Å². The van der Waals surface area contributed by atoms with Crippen molar-refractivity contribution < 1.29 is 19.1 Å². The molecule has 1 unspecified atom stereocenters. The number of hydrogen-bond donors (Lipinski definition) is 2. The highest BCUT2D eigenvalue weighted by molar-refractivity contribution is 5.91. The minimum absolute atomic E-state index is 0.0226. The summed E-state index contributed by atoms with van der Waals surface area (Å²) in [6.45, 7) is 4.79. The molecule has 0 radical (unpaired) electrons. The summed E-state index contributed by atoms with van der Waals surface area (Å²) < 4.78 is 10.5. The second-order valence-electron chi connectivity index (χ2n) is 7.12. The van der Waals surface area contributed by atoms with Crippen molar-refractivity contribution in [3.63, 3.8) is 0 Å². The Balaban J connectivity index is 1.92. The lowest BCUT2D eigenvalue weighted by Crippen LogP contribution is -2.43. The van der Waals surface area contributed by atoms with Gasteiger partial charge < -0.3 is 25.0 Å². The lowest BCUT2D eigenvalue weighted by molar-refractivity contribution is -0.121. The molecule has 0 aliphatic carbocycles. The van der Waals surface area contributed by atoms with Crippen LogP contribution in [-0.4, -0.2) is 55.2 Å². The van der Waals surface area contributed by atoms with E-state index in [0.717, 1.165) is 12.1 Å². The Hall–Kier alpha value is -3.29. The number of nitrogens with zero attached hydrogens (tertiary/aromatic N) is 2. The lowest BCUT2D eigenvalue weighted by Gasteiger charge is -2.29. The quantitative estimate of drug-likeness (QED) is 0.572. The Bertz CT molecular complexity index is 845. The average Bonchev–Trinajstić information content (AvgIpc) is 2.79. The van der Waals surface area contributed by atoms with Crippen molar-refractivity contribution in [1.82, 2.24) is 15.2 Å². The zero-order valence-electron chi connectivity index (χ0n) is 18.7. The third kappa shape index (κ3) is 7.47. The van der Waals surface area contributed by atoms with Crippen LogP contribution in [0.3, 0.4) is 0 Å². The average molecular weight is 429 g/mol. The van der Waals surface area contributed by atoms with Crippen molar-refractivity contribution in [2.45, 2.75) is 39.2 Å². The van der Waals surface area contributed by atoms with Gasteiger partial charge in [0.15, 0.2) is 0 Å². The topological polar surface area (TPSA) is 92.8 Å². The van der Waals surface area contributed by atoms with Gasteiger partial charge >= 0.3 is 6.03 Å². The summed E-state index contributed by atoms with van der Waals surface area (Å²) in [5, 5.41) is 5.77. The molecular weight excluding hydrogens is 396 g/mol. The highest BCUT2D eigenvalue weighted by atomic mass is 16.5. The van der Waals surface area contributed by atoms with Gasteiger partial charge in [0.1, 0.15) is 11.5 Å². The molecule has 8 heteroatoms. The van der Waals surface area contributed by atoms with Crippen LogP contribution in [0.5, 0.6) is 11.5 Å². The first kappa shape index (κ1) is 24.0. The molecule has 3 amide bonds. The zero-order valence-corrected chi connectivity index (χ0v) is 18.7. The first-order valence-corrected chi connectivity index (χ1v) is 10.4. The summed E-state index contributed by atoms with van der Waals surface area (Å²) in [7, 11) is 3.10. The number of methoxy groups -OCH3 is 2. The van der Waals surface area contributed by atoms with E-state index in [0.29, 0.717) is 36.7 Å². The number of hydrogen-bond acceptors (Lipinski definition) is 5. The normalized spacial score (nSPS) is 11.4. The first-order valence-electron chi connectivity index (χ1n) is 10.4. The Kier molecular flexibility index (Phi) is 9.61. The van der Waals surface area contributed by atoms with Crippen LogP contribution < -0.4 is 20.1 Å². The van der Waals surface area contributed by atoms with Crippen molar-refractivity contribution in [2.24, 2.45) is 0 Å².